The number of thioether (sulfide) groups is 2. The zero-order valence-corrected chi connectivity index (χ0v) is 14.1. The Hall–Kier alpha value is -1.85. The van der Waals surface area contributed by atoms with Crippen LogP contribution in [0.15, 0.2) is 52.4 Å². The van der Waals surface area contributed by atoms with Gasteiger partial charge in [-0.3, -0.25) is 4.98 Å². The molecule has 2 N–H and O–H groups in total. The van der Waals surface area contributed by atoms with E-state index in [4.69, 9.17) is 0 Å². The van der Waals surface area contributed by atoms with Crippen molar-refractivity contribution in [1.82, 2.24) is 4.98 Å². The molecule has 0 atom stereocenters. The summed E-state index contributed by atoms with van der Waals surface area (Å²) >= 11 is 3.79. The van der Waals surface area contributed by atoms with Crippen LogP contribution in [0.25, 0.3) is 10.9 Å². The Morgan fingerprint density at radius 2 is 2.04 bits per heavy atom. The van der Waals surface area contributed by atoms with Gasteiger partial charge in [-0.05, 0) is 48.4 Å². The summed E-state index contributed by atoms with van der Waals surface area (Å²) in [6.07, 6.45) is 3.05. The fourth-order valence-electron chi connectivity index (χ4n) is 3.14. The molecule has 114 valence electrons. The summed E-state index contributed by atoms with van der Waals surface area (Å²) in [7, 11) is 0. The van der Waals surface area contributed by atoms with Crippen LogP contribution in [0.1, 0.15) is 5.56 Å². The molecule has 0 saturated heterocycles. The number of rotatable bonds is 2. The van der Waals surface area contributed by atoms with Crippen LogP contribution in [0.3, 0.4) is 0 Å². The number of benzene rings is 2. The largest absolute Gasteiger partial charge is 0.375 e. The van der Waals surface area contributed by atoms with Crippen LogP contribution in [0, 0.1) is 0 Å². The number of pyridine rings is 1. The molecule has 5 heteroatoms. The Morgan fingerprint density at radius 1 is 1.04 bits per heavy atom. The molecular weight excluding hydrogens is 322 g/mol. The third kappa shape index (κ3) is 2.35. The van der Waals surface area contributed by atoms with E-state index in [-0.39, 0.29) is 0 Å². The number of aryl methyl sites for hydroxylation is 1. The monoisotopic (exact) mass is 337 g/mol. The molecule has 0 bridgehead atoms. The van der Waals surface area contributed by atoms with Gasteiger partial charge in [-0.2, -0.15) is 0 Å². The standard InChI is InChI=1S/C18H15N3S2/c1-2-17-16(20-10-23-17)8-12(1)21-14-3-5-19-15-7-11-4-6-22-18(11)9-13(14)15/h1-3,5,7-9,20H,4,6,10H2,(H,19,21). The third-order valence-corrected chi connectivity index (χ3v) is 6.36. The number of nitrogens with one attached hydrogen (secondary N) is 2. The molecule has 0 fully saturated rings. The molecule has 0 radical (unpaired) electrons. The Bertz CT molecular complexity index is 924. The molecule has 0 amide bonds. The molecule has 23 heavy (non-hydrogen) atoms. The minimum absolute atomic E-state index is 0.959. The van der Waals surface area contributed by atoms with Gasteiger partial charge in [-0.15, -0.1) is 23.5 Å². The highest BCUT2D eigenvalue weighted by Crippen LogP contribution is 2.38. The van der Waals surface area contributed by atoms with Crippen LogP contribution in [0.5, 0.6) is 0 Å². The maximum atomic E-state index is 4.55. The molecule has 2 aromatic carbocycles. The molecular formula is C18H15N3S2. The summed E-state index contributed by atoms with van der Waals surface area (Å²) in [5.41, 5.74) is 5.96. The summed E-state index contributed by atoms with van der Waals surface area (Å²) in [5, 5.41) is 8.17. The minimum atomic E-state index is 0.959. The second-order valence-corrected chi connectivity index (χ2v) is 7.89. The first kappa shape index (κ1) is 13.6. The normalized spacial score (nSPS) is 15.3. The second kappa shape index (κ2) is 5.35. The van der Waals surface area contributed by atoms with Crippen LogP contribution >= 0.6 is 23.5 Å². The lowest BCUT2D eigenvalue weighted by Gasteiger charge is -2.12. The van der Waals surface area contributed by atoms with Crippen LogP contribution in [-0.2, 0) is 6.42 Å². The molecule has 3 aromatic rings. The van der Waals surface area contributed by atoms with Crippen molar-refractivity contribution >= 4 is 51.5 Å². The van der Waals surface area contributed by atoms with Gasteiger partial charge in [0.25, 0.3) is 0 Å². The molecule has 5 rings (SSSR count). The van der Waals surface area contributed by atoms with E-state index in [1.165, 1.54) is 32.2 Å². The SMILES string of the molecule is c1cc(Nc2ccc3c(c2)NCS3)c2cc3c(cc2n1)CCS3. The van der Waals surface area contributed by atoms with Crippen molar-refractivity contribution in [2.75, 3.05) is 22.3 Å². The van der Waals surface area contributed by atoms with Crippen LogP contribution in [-0.4, -0.2) is 16.6 Å². The number of hydrogen-bond donors (Lipinski definition) is 2. The van der Waals surface area contributed by atoms with Crippen molar-refractivity contribution in [2.45, 2.75) is 16.2 Å². The van der Waals surface area contributed by atoms with Gasteiger partial charge in [0.1, 0.15) is 0 Å². The first-order valence-corrected chi connectivity index (χ1v) is 9.66. The lowest BCUT2D eigenvalue weighted by molar-refractivity contribution is 1.15. The first-order valence-electron chi connectivity index (χ1n) is 7.69. The van der Waals surface area contributed by atoms with E-state index >= 15 is 0 Å². The van der Waals surface area contributed by atoms with Gasteiger partial charge in [0.2, 0.25) is 0 Å². The van der Waals surface area contributed by atoms with Gasteiger partial charge in [0, 0.05) is 38.5 Å². The Kier molecular flexibility index (Phi) is 3.16. The zero-order valence-electron chi connectivity index (χ0n) is 12.4. The smallest absolute Gasteiger partial charge is 0.0726 e. The van der Waals surface area contributed by atoms with Gasteiger partial charge >= 0.3 is 0 Å². The molecule has 0 spiro atoms. The van der Waals surface area contributed by atoms with Gasteiger partial charge < -0.3 is 10.6 Å². The molecule has 3 nitrogen and oxygen atoms in total. The Labute approximate surface area is 143 Å². The molecule has 0 saturated carbocycles. The molecule has 0 aliphatic carbocycles. The lowest BCUT2D eigenvalue weighted by Crippen LogP contribution is -1.95. The predicted molar refractivity (Wildman–Crippen MR) is 100 cm³/mol. The van der Waals surface area contributed by atoms with Crippen molar-refractivity contribution in [3.05, 3.63) is 48.2 Å². The van der Waals surface area contributed by atoms with Crippen LogP contribution < -0.4 is 10.6 Å². The van der Waals surface area contributed by atoms with E-state index in [1.54, 1.807) is 0 Å². The van der Waals surface area contributed by atoms with E-state index in [0.717, 1.165) is 29.2 Å². The summed E-state index contributed by atoms with van der Waals surface area (Å²) in [5.74, 6) is 2.14. The van der Waals surface area contributed by atoms with Crippen LogP contribution in [0.2, 0.25) is 0 Å². The van der Waals surface area contributed by atoms with E-state index in [9.17, 15) is 0 Å². The number of hydrogen-bond acceptors (Lipinski definition) is 5. The zero-order chi connectivity index (χ0) is 15.2. The maximum Gasteiger partial charge on any atom is 0.0726 e. The second-order valence-electron chi connectivity index (χ2n) is 5.74. The minimum Gasteiger partial charge on any atom is -0.375 e. The van der Waals surface area contributed by atoms with Gasteiger partial charge in [-0.25, -0.2) is 0 Å². The topological polar surface area (TPSA) is 37.0 Å². The lowest BCUT2D eigenvalue weighted by atomic mass is 10.1. The molecule has 0 unspecified atom stereocenters. The molecule has 2 aliphatic rings. The van der Waals surface area contributed by atoms with E-state index in [0.29, 0.717) is 0 Å². The van der Waals surface area contributed by atoms with Crippen molar-refractivity contribution < 1.29 is 0 Å². The van der Waals surface area contributed by atoms with E-state index < -0.39 is 0 Å². The van der Waals surface area contributed by atoms with Crippen molar-refractivity contribution in [3.63, 3.8) is 0 Å². The van der Waals surface area contributed by atoms with Crippen molar-refractivity contribution in [2.24, 2.45) is 0 Å². The van der Waals surface area contributed by atoms with Gasteiger partial charge in [-0.1, -0.05) is 0 Å². The number of nitrogens with zero attached hydrogens (tertiary/aromatic N) is 1. The summed E-state index contributed by atoms with van der Waals surface area (Å²) in [6, 6.07) is 13.1. The number of fused-ring (bicyclic) bond motifs is 3. The summed E-state index contributed by atoms with van der Waals surface area (Å²) in [6.45, 7) is 0. The number of anilines is 3. The summed E-state index contributed by atoms with van der Waals surface area (Å²) < 4.78 is 0. The number of aromatic nitrogens is 1. The van der Waals surface area contributed by atoms with E-state index in [2.05, 4.69) is 52.0 Å². The fraction of sp³-hybridized carbons (Fsp3) is 0.167. The van der Waals surface area contributed by atoms with E-state index in [1.807, 2.05) is 29.7 Å². The first-order chi connectivity index (χ1) is 11.4. The maximum absolute atomic E-state index is 4.55. The van der Waals surface area contributed by atoms with Crippen molar-refractivity contribution in [1.29, 1.82) is 0 Å². The predicted octanol–water partition coefficient (Wildman–Crippen LogP) is 5.10. The quantitative estimate of drug-likeness (QED) is 0.680. The van der Waals surface area contributed by atoms with Crippen molar-refractivity contribution in [3.8, 4) is 0 Å². The highest BCUT2D eigenvalue weighted by Gasteiger charge is 2.15. The van der Waals surface area contributed by atoms with Gasteiger partial charge in [0.15, 0.2) is 0 Å². The molecule has 2 aliphatic heterocycles. The summed E-state index contributed by atoms with van der Waals surface area (Å²) in [4.78, 5) is 7.28. The highest BCUT2D eigenvalue weighted by atomic mass is 32.2. The molecule has 3 heterocycles. The van der Waals surface area contributed by atoms with Gasteiger partial charge in [0.05, 0.1) is 17.1 Å². The fourth-order valence-corrected chi connectivity index (χ4v) is 5.07. The Morgan fingerprint density at radius 3 is 3.04 bits per heavy atom. The van der Waals surface area contributed by atoms with Crippen LogP contribution in [0.4, 0.5) is 17.1 Å². The highest BCUT2D eigenvalue weighted by molar-refractivity contribution is 8.00. The third-order valence-electron chi connectivity index (χ3n) is 4.30. The molecule has 1 aromatic heterocycles. The average Bonchev–Trinajstić information content (AvgIpc) is 3.21. The average molecular weight is 337 g/mol. The Balaban J connectivity index is 1.57.